The number of rotatable bonds is 2. The highest BCUT2D eigenvalue weighted by atomic mass is 14.5. The Kier molecular flexibility index (Phi) is 2.51. The van der Waals surface area contributed by atoms with Gasteiger partial charge in [-0.25, -0.2) is 0 Å². The Morgan fingerprint density at radius 2 is 1.47 bits per heavy atom. The average Bonchev–Trinajstić information content (AvgIpc) is 2.39. The van der Waals surface area contributed by atoms with Gasteiger partial charge in [-0.15, -0.1) is 0 Å². The Balaban J connectivity index is 1.95. The number of hydrogen-bond acceptors (Lipinski definition) is 0. The van der Waals surface area contributed by atoms with E-state index in [-0.39, 0.29) is 0 Å². The lowest BCUT2D eigenvalue weighted by atomic mass is 9.56. The molecule has 17 heavy (non-hydrogen) atoms. The molecule has 0 nitrogen and oxygen atoms in total. The van der Waals surface area contributed by atoms with Crippen molar-refractivity contribution in [1.29, 1.82) is 0 Å². The zero-order valence-corrected chi connectivity index (χ0v) is 10.3. The van der Waals surface area contributed by atoms with Gasteiger partial charge >= 0.3 is 0 Å². The van der Waals surface area contributed by atoms with Crippen molar-refractivity contribution in [3.63, 3.8) is 0 Å². The third kappa shape index (κ3) is 1.68. The Labute approximate surface area is 103 Å². The molecule has 3 rings (SSSR count). The van der Waals surface area contributed by atoms with E-state index in [4.69, 9.17) is 0 Å². The largest absolute Gasteiger partial charge is 0.0622 e. The average molecular weight is 222 g/mol. The molecule has 1 fully saturated rings. The van der Waals surface area contributed by atoms with Gasteiger partial charge in [0.15, 0.2) is 0 Å². The second-order valence-electron chi connectivity index (χ2n) is 5.29. The molecule has 0 spiro atoms. The summed E-state index contributed by atoms with van der Waals surface area (Å²) in [7, 11) is 0. The highest BCUT2D eigenvalue weighted by molar-refractivity contribution is 5.36. The standard InChI is InChI=1S/C17H18/c1-17(15-10-6-3-7-11-15)13-12-16(17)14-8-4-2-5-9-14/h2-11,16H,12-13H2,1H3/t16?,17-/m0/s1. The molecule has 0 radical (unpaired) electrons. The van der Waals surface area contributed by atoms with Crippen molar-refractivity contribution in [1.82, 2.24) is 0 Å². The second-order valence-corrected chi connectivity index (χ2v) is 5.29. The quantitative estimate of drug-likeness (QED) is 0.700. The van der Waals surface area contributed by atoms with Crippen LogP contribution in [0.4, 0.5) is 0 Å². The normalized spacial score (nSPS) is 27.5. The summed E-state index contributed by atoms with van der Waals surface area (Å²) in [6, 6.07) is 21.9. The fourth-order valence-electron chi connectivity index (χ4n) is 3.11. The lowest BCUT2D eigenvalue weighted by Gasteiger charge is -2.48. The molecule has 86 valence electrons. The van der Waals surface area contributed by atoms with Crippen LogP contribution in [0.5, 0.6) is 0 Å². The maximum atomic E-state index is 2.41. The van der Waals surface area contributed by atoms with Gasteiger partial charge in [-0.3, -0.25) is 0 Å². The molecular weight excluding hydrogens is 204 g/mol. The highest BCUT2D eigenvalue weighted by Crippen LogP contribution is 2.53. The molecule has 0 heterocycles. The van der Waals surface area contributed by atoms with E-state index < -0.39 is 0 Å². The lowest BCUT2D eigenvalue weighted by Crippen LogP contribution is -2.39. The van der Waals surface area contributed by atoms with Crippen molar-refractivity contribution in [2.24, 2.45) is 0 Å². The molecule has 1 aliphatic rings. The van der Waals surface area contributed by atoms with Crippen LogP contribution in [0, 0.1) is 0 Å². The van der Waals surface area contributed by atoms with E-state index in [0.717, 1.165) is 0 Å². The van der Waals surface area contributed by atoms with Gasteiger partial charge in [0, 0.05) is 0 Å². The monoisotopic (exact) mass is 222 g/mol. The van der Waals surface area contributed by atoms with E-state index in [1.54, 1.807) is 0 Å². The summed E-state index contributed by atoms with van der Waals surface area (Å²) >= 11 is 0. The summed E-state index contributed by atoms with van der Waals surface area (Å²) in [5, 5.41) is 0. The van der Waals surface area contributed by atoms with Gasteiger partial charge in [0.2, 0.25) is 0 Å². The van der Waals surface area contributed by atoms with E-state index in [1.165, 1.54) is 24.0 Å². The van der Waals surface area contributed by atoms with Gasteiger partial charge in [-0.2, -0.15) is 0 Å². The van der Waals surface area contributed by atoms with Crippen LogP contribution < -0.4 is 0 Å². The molecule has 0 N–H and O–H groups in total. The highest BCUT2D eigenvalue weighted by Gasteiger charge is 2.44. The molecule has 2 aromatic rings. The maximum Gasteiger partial charge on any atom is -0.000643 e. The summed E-state index contributed by atoms with van der Waals surface area (Å²) in [5.74, 6) is 0.686. The zero-order valence-electron chi connectivity index (χ0n) is 10.3. The summed E-state index contributed by atoms with van der Waals surface area (Å²) in [6.07, 6.45) is 2.62. The number of hydrogen-bond donors (Lipinski definition) is 0. The Morgan fingerprint density at radius 1 is 0.882 bits per heavy atom. The smallest absolute Gasteiger partial charge is 0.000643 e. The van der Waals surface area contributed by atoms with Crippen molar-refractivity contribution >= 4 is 0 Å². The topological polar surface area (TPSA) is 0 Å². The fourth-order valence-corrected chi connectivity index (χ4v) is 3.11. The molecule has 0 heteroatoms. The first-order chi connectivity index (χ1) is 8.31. The van der Waals surface area contributed by atoms with Crippen LogP contribution >= 0.6 is 0 Å². The summed E-state index contributed by atoms with van der Waals surface area (Å²) in [5.41, 5.74) is 3.31. The SMILES string of the molecule is C[C@@]1(c2ccccc2)CCC1c1ccccc1. The third-order valence-corrected chi connectivity index (χ3v) is 4.36. The summed E-state index contributed by atoms with van der Waals surface area (Å²) < 4.78 is 0. The van der Waals surface area contributed by atoms with Gasteiger partial charge in [-0.05, 0) is 35.3 Å². The molecule has 0 bridgehead atoms. The van der Waals surface area contributed by atoms with Gasteiger partial charge in [0.05, 0.1) is 0 Å². The van der Waals surface area contributed by atoms with Gasteiger partial charge in [0.1, 0.15) is 0 Å². The van der Waals surface area contributed by atoms with Crippen LogP contribution in [0.3, 0.4) is 0 Å². The van der Waals surface area contributed by atoms with Crippen molar-refractivity contribution in [2.75, 3.05) is 0 Å². The minimum Gasteiger partial charge on any atom is -0.0622 e. The zero-order chi connectivity index (χ0) is 11.7. The molecule has 1 unspecified atom stereocenters. The lowest BCUT2D eigenvalue weighted by molar-refractivity contribution is 0.214. The summed E-state index contributed by atoms with van der Waals surface area (Å²) in [4.78, 5) is 0. The van der Waals surface area contributed by atoms with Crippen LogP contribution in [0.15, 0.2) is 60.7 Å². The van der Waals surface area contributed by atoms with Crippen molar-refractivity contribution in [3.05, 3.63) is 71.8 Å². The van der Waals surface area contributed by atoms with Crippen molar-refractivity contribution in [3.8, 4) is 0 Å². The van der Waals surface area contributed by atoms with E-state index in [1.807, 2.05) is 0 Å². The second kappa shape index (κ2) is 4.03. The maximum absolute atomic E-state index is 2.41. The molecule has 2 atom stereocenters. The van der Waals surface area contributed by atoms with E-state index in [2.05, 4.69) is 67.6 Å². The van der Waals surface area contributed by atoms with Crippen molar-refractivity contribution in [2.45, 2.75) is 31.1 Å². The van der Waals surface area contributed by atoms with Crippen LogP contribution in [-0.2, 0) is 5.41 Å². The Hall–Kier alpha value is -1.56. The van der Waals surface area contributed by atoms with Crippen LogP contribution in [-0.4, -0.2) is 0 Å². The predicted molar refractivity (Wildman–Crippen MR) is 72.2 cm³/mol. The van der Waals surface area contributed by atoms with Crippen LogP contribution in [0.1, 0.15) is 36.8 Å². The molecule has 0 amide bonds. The van der Waals surface area contributed by atoms with Gasteiger partial charge < -0.3 is 0 Å². The first-order valence-corrected chi connectivity index (χ1v) is 6.41. The fraction of sp³-hybridized carbons (Fsp3) is 0.294. The molecule has 1 saturated carbocycles. The third-order valence-electron chi connectivity index (χ3n) is 4.36. The molecular formula is C17H18. The summed E-state index contributed by atoms with van der Waals surface area (Å²) in [6.45, 7) is 2.41. The molecule has 2 aromatic carbocycles. The van der Waals surface area contributed by atoms with Crippen LogP contribution in [0.2, 0.25) is 0 Å². The van der Waals surface area contributed by atoms with Gasteiger partial charge in [-0.1, -0.05) is 67.6 Å². The van der Waals surface area contributed by atoms with Crippen LogP contribution in [0.25, 0.3) is 0 Å². The predicted octanol–water partition coefficient (Wildman–Crippen LogP) is 4.52. The molecule has 1 aliphatic carbocycles. The minimum absolute atomic E-state index is 0.336. The molecule has 0 saturated heterocycles. The first kappa shape index (κ1) is 10.6. The molecule has 0 aliphatic heterocycles. The Bertz CT molecular complexity index is 486. The minimum atomic E-state index is 0.336. The Morgan fingerprint density at radius 3 is 2.00 bits per heavy atom. The van der Waals surface area contributed by atoms with E-state index >= 15 is 0 Å². The molecule has 0 aromatic heterocycles. The van der Waals surface area contributed by atoms with Gasteiger partial charge in [0.25, 0.3) is 0 Å². The van der Waals surface area contributed by atoms with E-state index in [9.17, 15) is 0 Å². The van der Waals surface area contributed by atoms with E-state index in [0.29, 0.717) is 11.3 Å². The van der Waals surface area contributed by atoms with Crippen molar-refractivity contribution < 1.29 is 0 Å². The number of benzene rings is 2. The first-order valence-electron chi connectivity index (χ1n) is 6.41.